The Labute approximate surface area is 163 Å². The largest absolute Gasteiger partial charge is 0.327 e. The lowest BCUT2D eigenvalue weighted by molar-refractivity contribution is 0.0962. The molecule has 0 spiro atoms. The van der Waals surface area contributed by atoms with Crippen LogP contribution < -0.4 is 10.7 Å². The summed E-state index contributed by atoms with van der Waals surface area (Å²) >= 11 is 5.99. The molecule has 0 saturated heterocycles. The van der Waals surface area contributed by atoms with Crippen molar-refractivity contribution in [1.29, 1.82) is 0 Å². The number of amides is 1. The summed E-state index contributed by atoms with van der Waals surface area (Å²) in [7, 11) is 1.60. The quantitative estimate of drug-likeness (QED) is 0.537. The van der Waals surface area contributed by atoms with Crippen LogP contribution in [0.1, 0.15) is 16.2 Å². The van der Waals surface area contributed by atoms with Crippen molar-refractivity contribution >= 4 is 45.8 Å². The van der Waals surface area contributed by atoms with E-state index in [1.165, 1.54) is 10.9 Å². The van der Waals surface area contributed by atoms with E-state index in [2.05, 4.69) is 25.4 Å². The summed E-state index contributed by atoms with van der Waals surface area (Å²) in [5.41, 5.74) is 1.14. The van der Waals surface area contributed by atoms with Crippen LogP contribution in [0.25, 0.3) is 28.3 Å². The third kappa shape index (κ3) is 3.33. The molecule has 8 nitrogen and oxygen atoms in total. The third-order valence-corrected chi connectivity index (χ3v) is 4.20. The van der Waals surface area contributed by atoms with Gasteiger partial charge in [-0.2, -0.15) is 5.10 Å². The molecule has 0 fully saturated rings. The molecule has 28 heavy (non-hydrogen) atoms. The van der Waals surface area contributed by atoms with Gasteiger partial charge in [0.15, 0.2) is 16.9 Å². The lowest BCUT2D eigenvalue weighted by Crippen LogP contribution is -2.29. The number of pyridine rings is 1. The van der Waals surface area contributed by atoms with Gasteiger partial charge in [-0.15, -0.1) is 0 Å². The summed E-state index contributed by atoms with van der Waals surface area (Å²) in [4.78, 5) is 38.1. The molecular formula is C19H13ClN6O2. The van der Waals surface area contributed by atoms with Gasteiger partial charge in [-0.05, 0) is 36.4 Å². The first-order valence-electron chi connectivity index (χ1n) is 8.26. The Balaban J connectivity index is 1.73. The first kappa shape index (κ1) is 17.7. The summed E-state index contributed by atoms with van der Waals surface area (Å²) < 4.78 is 1.36. The molecule has 1 amide bonds. The molecule has 138 valence electrons. The Bertz CT molecular complexity index is 1300. The molecule has 0 unspecified atom stereocenters. The Morgan fingerprint density at radius 3 is 2.82 bits per heavy atom. The molecular weight excluding hydrogens is 380 g/mol. The Kier molecular flexibility index (Phi) is 4.54. The van der Waals surface area contributed by atoms with Crippen molar-refractivity contribution in [2.75, 3.05) is 0 Å². The zero-order valence-electron chi connectivity index (χ0n) is 14.6. The maximum atomic E-state index is 12.8. The fraction of sp³-hybridized carbons (Fsp3) is 0.0526. The van der Waals surface area contributed by atoms with Gasteiger partial charge in [0.1, 0.15) is 0 Å². The van der Waals surface area contributed by atoms with Gasteiger partial charge in [-0.25, -0.2) is 14.6 Å². The normalized spacial score (nSPS) is 11.4. The number of rotatable bonds is 3. The van der Waals surface area contributed by atoms with Crippen LogP contribution in [0.4, 0.5) is 0 Å². The molecule has 0 radical (unpaired) electrons. The molecule has 4 aromatic rings. The number of nitrogens with one attached hydrogen (secondary N) is 1. The molecule has 1 N–H and O–H groups in total. The van der Waals surface area contributed by atoms with Crippen molar-refractivity contribution in [3.8, 4) is 0 Å². The van der Waals surface area contributed by atoms with Crippen molar-refractivity contribution in [3.63, 3.8) is 0 Å². The van der Waals surface area contributed by atoms with E-state index in [4.69, 9.17) is 11.6 Å². The second-order valence-corrected chi connectivity index (χ2v) is 6.33. The summed E-state index contributed by atoms with van der Waals surface area (Å²) in [6, 6.07) is 10.4. The first-order valence-corrected chi connectivity index (χ1v) is 8.63. The zero-order chi connectivity index (χ0) is 19.7. The van der Waals surface area contributed by atoms with Gasteiger partial charge >= 0.3 is 0 Å². The van der Waals surface area contributed by atoms with Crippen LogP contribution in [0.15, 0.2) is 53.6 Å². The number of aryl methyl sites for hydroxylation is 1. The third-order valence-electron chi connectivity index (χ3n) is 3.97. The maximum absolute atomic E-state index is 12.8. The summed E-state index contributed by atoms with van der Waals surface area (Å²) in [6.45, 7) is 0. The van der Waals surface area contributed by atoms with Crippen LogP contribution in [0.5, 0.6) is 0 Å². The number of hydrogen-bond acceptors (Lipinski definition) is 6. The van der Waals surface area contributed by atoms with Gasteiger partial charge in [0.05, 0.1) is 16.7 Å². The molecule has 4 rings (SSSR count). The van der Waals surface area contributed by atoms with Gasteiger partial charge in [0.2, 0.25) is 5.43 Å². The second-order valence-electron chi connectivity index (χ2n) is 5.89. The van der Waals surface area contributed by atoms with Crippen LogP contribution >= 0.6 is 11.6 Å². The van der Waals surface area contributed by atoms with Gasteiger partial charge < -0.3 is 5.32 Å². The summed E-state index contributed by atoms with van der Waals surface area (Å²) in [5, 5.41) is 7.06. The van der Waals surface area contributed by atoms with E-state index in [0.29, 0.717) is 21.7 Å². The van der Waals surface area contributed by atoms with E-state index in [0.717, 1.165) is 0 Å². The molecule has 0 aliphatic heterocycles. The topological polar surface area (TPSA) is 103 Å². The number of benzene rings is 1. The highest BCUT2D eigenvalue weighted by Crippen LogP contribution is 2.18. The minimum atomic E-state index is -0.650. The number of halogens is 1. The minimum absolute atomic E-state index is 0.0473. The standard InChI is InChI=1S/C19H13ClN6O2/c1-26-18-15(23-14-10-11(20)5-6-13(14)24-18)17(27)16(25-26)19(28)22-9-7-12-4-2-3-8-21-12/h2-10H,1H3,(H,22,28)/b9-7+. The molecule has 3 aromatic heterocycles. The lowest BCUT2D eigenvalue weighted by Gasteiger charge is -2.07. The average Bonchev–Trinajstić information content (AvgIpc) is 2.70. The number of carbonyl (C=O) groups is 1. The predicted molar refractivity (Wildman–Crippen MR) is 106 cm³/mol. The van der Waals surface area contributed by atoms with E-state index < -0.39 is 11.3 Å². The molecule has 0 atom stereocenters. The van der Waals surface area contributed by atoms with E-state index >= 15 is 0 Å². The Morgan fingerprint density at radius 1 is 1.18 bits per heavy atom. The number of fused-ring (bicyclic) bond motifs is 2. The second kappa shape index (κ2) is 7.16. The molecule has 3 heterocycles. The monoisotopic (exact) mass is 392 g/mol. The van der Waals surface area contributed by atoms with Crippen LogP contribution in [0.3, 0.4) is 0 Å². The minimum Gasteiger partial charge on any atom is -0.327 e. The number of aromatic nitrogens is 5. The number of hydrogen-bond donors (Lipinski definition) is 1. The lowest BCUT2D eigenvalue weighted by atomic mass is 10.2. The fourth-order valence-corrected chi connectivity index (χ4v) is 2.81. The highest BCUT2D eigenvalue weighted by Gasteiger charge is 2.18. The first-order chi connectivity index (χ1) is 13.5. The molecule has 9 heteroatoms. The average molecular weight is 393 g/mol. The van der Waals surface area contributed by atoms with Crippen molar-refractivity contribution in [2.45, 2.75) is 0 Å². The summed E-state index contributed by atoms with van der Waals surface area (Å²) in [6.07, 6.45) is 4.65. The van der Waals surface area contributed by atoms with Crippen molar-refractivity contribution in [3.05, 3.63) is 75.4 Å². The number of nitrogens with zero attached hydrogens (tertiary/aromatic N) is 5. The molecule has 0 aliphatic rings. The van der Waals surface area contributed by atoms with E-state index in [1.54, 1.807) is 49.7 Å². The van der Waals surface area contributed by atoms with Crippen molar-refractivity contribution in [2.24, 2.45) is 7.05 Å². The van der Waals surface area contributed by atoms with E-state index in [1.807, 2.05) is 6.07 Å². The van der Waals surface area contributed by atoms with Crippen LogP contribution in [0, 0.1) is 0 Å². The smallest absolute Gasteiger partial charge is 0.279 e. The van der Waals surface area contributed by atoms with Gasteiger partial charge in [0, 0.05) is 24.5 Å². The number of carbonyl (C=O) groups excluding carboxylic acids is 1. The SMILES string of the molecule is Cn1nc(C(=O)N/C=C/c2ccccn2)c(=O)c2nc3cc(Cl)ccc3nc21. The maximum Gasteiger partial charge on any atom is 0.279 e. The zero-order valence-corrected chi connectivity index (χ0v) is 15.4. The van der Waals surface area contributed by atoms with E-state index in [-0.39, 0.29) is 16.9 Å². The van der Waals surface area contributed by atoms with E-state index in [9.17, 15) is 9.59 Å². The van der Waals surface area contributed by atoms with Gasteiger partial charge in [-0.3, -0.25) is 14.6 Å². The summed E-state index contributed by atoms with van der Waals surface area (Å²) in [5.74, 6) is -0.650. The van der Waals surface area contributed by atoms with Gasteiger partial charge in [-0.1, -0.05) is 17.7 Å². The highest BCUT2D eigenvalue weighted by molar-refractivity contribution is 6.31. The van der Waals surface area contributed by atoms with Crippen LogP contribution in [-0.4, -0.2) is 30.6 Å². The van der Waals surface area contributed by atoms with Crippen molar-refractivity contribution < 1.29 is 4.79 Å². The molecule has 0 saturated carbocycles. The Morgan fingerprint density at radius 2 is 2.04 bits per heavy atom. The van der Waals surface area contributed by atoms with Crippen LogP contribution in [-0.2, 0) is 7.05 Å². The highest BCUT2D eigenvalue weighted by atomic mass is 35.5. The fourth-order valence-electron chi connectivity index (χ4n) is 2.65. The molecule has 1 aromatic carbocycles. The Hall–Kier alpha value is -3.65. The van der Waals surface area contributed by atoms with Gasteiger partial charge in [0.25, 0.3) is 5.91 Å². The van der Waals surface area contributed by atoms with Crippen molar-refractivity contribution in [1.82, 2.24) is 30.0 Å². The predicted octanol–water partition coefficient (Wildman–Crippen LogP) is 2.33. The molecule has 0 bridgehead atoms. The molecule has 0 aliphatic carbocycles. The van der Waals surface area contributed by atoms with Crippen LogP contribution in [0.2, 0.25) is 5.02 Å².